The lowest BCUT2D eigenvalue weighted by Crippen LogP contribution is -2.50. The average Bonchev–Trinajstić information content (AvgIpc) is 3.51. The lowest BCUT2D eigenvalue weighted by Gasteiger charge is -2.45. The number of aromatic nitrogens is 2. The van der Waals surface area contributed by atoms with Crippen LogP contribution in [0.5, 0.6) is 0 Å². The second kappa shape index (κ2) is 12.7. The fourth-order valence-corrected chi connectivity index (χ4v) is 8.39. The molecule has 1 N–H and O–H groups in total. The number of nitrogens with zero attached hydrogens (tertiary/aromatic N) is 4. The predicted molar refractivity (Wildman–Crippen MR) is 158 cm³/mol. The van der Waals surface area contributed by atoms with E-state index in [0.29, 0.717) is 37.0 Å². The van der Waals surface area contributed by atoms with E-state index in [1.165, 1.54) is 64.9 Å². The number of nitrogens with one attached hydrogen (secondary N) is 1. The van der Waals surface area contributed by atoms with E-state index in [9.17, 15) is 19.5 Å². The number of benzene rings is 1. The zero-order valence-electron chi connectivity index (χ0n) is 24.7. The number of carbonyl (C=O) groups is 2. The van der Waals surface area contributed by atoms with E-state index in [0.717, 1.165) is 23.9 Å². The third-order valence-electron chi connectivity index (χ3n) is 10.3. The molecule has 1 aromatic heterocycles. The smallest absolute Gasteiger partial charge is 0.310 e. The summed E-state index contributed by atoms with van der Waals surface area (Å²) < 4.78 is 6.81. The van der Waals surface area contributed by atoms with E-state index in [-0.39, 0.29) is 24.7 Å². The highest BCUT2D eigenvalue weighted by molar-refractivity contribution is 5.81. The van der Waals surface area contributed by atoms with Crippen molar-refractivity contribution < 1.29 is 19.4 Å². The van der Waals surface area contributed by atoms with E-state index < -0.39 is 23.8 Å². The summed E-state index contributed by atoms with van der Waals surface area (Å²) in [6.45, 7) is 1.36. The van der Waals surface area contributed by atoms with Crippen molar-refractivity contribution in [2.24, 2.45) is 11.8 Å². The van der Waals surface area contributed by atoms with Crippen LogP contribution in [0.3, 0.4) is 0 Å². The molecule has 10 heteroatoms. The molecule has 4 aliphatic rings. The molecule has 0 spiro atoms. The maximum atomic E-state index is 14.0. The van der Waals surface area contributed by atoms with Crippen molar-refractivity contribution in [3.05, 3.63) is 34.6 Å². The van der Waals surface area contributed by atoms with Crippen molar-refractivity contribution in [3.8, 4) is 0 Å². The molecule has 5 atom stereocenters. The molecule has 0 amide bonds. The standard InChI is InChI=1S/C32H45N5O5/c1-42-32(41)26-20-35(19-25(26)31(39)40)16-15-33-29-30(38)37(28-12-8-7-11-27(28)34-29)24-17-22-13-14-23(18-24)36(22)21-9-5-3-2-4-6-10-21/h7-8,11-12,21-26H,2-6,9-10,13-20H2,1H3,(H,33,34)(H,39,40)/p-1/t22-,23+,24?,25-,26-/m1/s1. The van der Waals surface area contributed by atoms with Gasteiger partial charge in [-0.2, -0.15) is 0 Å². The highest BCUT2D eigenvalue weighted by Gasteiger charge is 2.44. The number of hydrogen-bond acceptors (Lipinski definition) is 9. The molecule has 6 rings (SSSR count). The maximum Gasteiger partial charge on any atom is 0.310 e. The Hall–Kier alpha value is -2.98. The number of fused-ring (bicyclic) bond motifs is 3. The van der Waals surface area contributed by atoms with Gasteiger partial charge < -0.3 is 29.4 Å². The summed E-state index contributed by atoms with van der Waals surface area (Å²) in [6.07, 6.45) is 13.8. The molecule has 4 heterocycles. The lowest BCUT2D eigenvalue weighted by atomic mass is 9.89. The molecule has 2 aromatic rings. The van der Waals surface area contributed by atoms with Gasteiger partial charge in [-0.25, -0.2) is 4.98 Å². The number of carboxylic acid groups (broad SMARTS) is 1. The number of rotatable bonds is 8. The highest BCUT2D eigenvalue weighted by Crippen LogP contribution is 2.44. The van der Waals surface area contributed by atoms with Gasteiger partial charge in [0.25, 0.3) is 5.56 Å². The fourth-order valence-electron chi connectivity index (χ4n) is 8.39. The van der Waals surface area contributed by atoms with Crippen LogP contribution in [-0.4, -0.2) is 82.7 Å². The van der Waals surface area contributed by atoms with Crippen molar-refractivity contribution in [3.63, 3.8) is 0 Å². The summed E-state index contributed by atoms with van der Waals surface area (Å²) in [4.78, 5) is 47.2. The van der Waals surface area contributed by atoms with Crippen LogP contribution >= 0.6 is 0 Å². The molecule has 10 nitrogen and oxygen atoms in total. The van der Waals surface area contributed by atoms with E-state index in [2.05, 4.69) is 10.2 Å². The molecule has 1 aromatic carbocycles. The number of likely N-dealkylation sites (tertiary alicyclic amines) is 1. The van der Waals surface area contributed by atoms with Gasteiger partial charge in [0.05, 0.1) is 24.1 Å². The zero-order valence-corrected chi connectivity index (χ0v) is 24.7. The van der Waals surface area contributed by atoms with E-state index >= 15 is 0 Å². The zero-order chi connectivity index (χ0) is 29.2. The monoisotopic (exact) mass is 578 g/mol. The first-order chi connectivity index (χ1) is 20.4. The molecular formula is C32H44N5O5-. The third kappa shape index (κ3) is 5.80. The van der Waals surface area contributed by atoms with Crippen LogP contribution in [0.25, 0.3) is 11.0 Å². The molecule has 228 valence electrons. The Morgan fingerprint density at radius 3 is 2.29 bits per heavy atom. The first kappa shape index (κ1) is 29.1. The summed E-state index contributed by atoms with van der Waals surface area (Å²) in [5.74, 6) is -3.11. The van der Waals surface area contributed by atoms with Crippen molar-refractivity contribution in [1.82, 2.24) is 19.4 Å². The van der Waals surface area contributed by atoms with E-state index in [1.54, 1.807) is 0 Å². The molecule has 1 saturated carbocycles. The number of carboxylic acids is 1. The first-order valence-corrected chi connectivity index (χ1v) is 16.0. The number of ether oxygens (including phenoxy) is 1. The number of para-hydroxylation sites is 2. The summed E-state index contributed by atoms with van der Waals surface area (Å²) in [6, 6.07) is 9.78. The quantitative estimate of drug-likeness (QED) is 0.471. The number of methoxy groups -OCH3 is 1. The second-order valence-corrected chi connectivity index (χ2v) is 12.8. The number of carbonyl (C=O) groups excluding carboxylic acids is 2. The van der Waals surface area contributed by atoms with Crippen LogP contribution in [0.4, 0.5) is 5.82 Å². The Bertz CT molecular complexity index is 1320. The van der Waals surface area contributed by atoms with Gasteiger partial charge in [0.15, 0.2) is 5.82 Å². The average molecular weight is 579 g/mol. The summed E-state index contributed by atoms with van der Waals surface area (Å²) in [5.41, 5.74) is 1.58. The normalized spacial score (nSPS) is 29.3. The van der Waals surface area contributed by atoms with Crippen LogP contribution in [0.1, 0.15) is 76.7 Å². The third-order valence-corrected chi connectivity index (χ3v) is 10.3. The molecule has 3 saturated heterocycles. The first-order valence-electron chi connectivity index (χ1n) is 16.0. The fraction of sp³-hybridized carbons (Fsp3) is 0.688. The number of piperidine rings is 1. The number of hydrogen-bond donors (Lipinski definition) is 1. The minimum absolute atomic E-state index is 0.0982. The maximum absolute atomic E-state index is 14.0. The van der Waals surface area contributed by atoms with Crippen LogP contribution in [-0.2, 0) is 14.3 Å². The SMILES string of the molecule is COC(=O)[C@@H]1CN(CCNc2nc3ccccc3n(C3C[C@H]4CC[C@@H](C3)N4C3CCCCCCC3)c2=O)C[C@H]1C(=O)[O-]. The number of esters is 1. The molecule has 4 fully saturated rings. The van der Waals surface area contributed by atoms with Gasteiger partial charge in [0.2, 0.25) is 0 Å². The summed E-state index contributed by atoms with van der Waals surface area (Å²) in [7, 11) is 1.27. The highest BCUT2D eigenvalue weighted by atomic mass is 16.5. The number of anilines is 1. The van der Waals surface area contributed by atoms with Crippen LogP contribution in [0.2, 0.25) is 0 Å². The van der Waals surface area contributed by atoms with Crippen LogP contribution < -0.4 is 16.0 Å². The van der Waals surface area contributed by atoms with Gasteiger partial charge in [0, 0.05) is 62.2 Å². The second-order valence-electron chi connectivity index (χ2n) is 12.8. The lowest BCUT2D eigenvalue weighted by molar-refractivity contribution is -0.312. The van der Waals surface area contributed by atoms with Crippen molar-refractivity contribution in [2.45, 2.75) is 94.8 Å². The van der Waals surface area contributed by atoms with Crippen molar-refractivity contribution in [2.75, 3.05) is 38.6 Å². The molecule has 1 aliphatic carbocycles. The van der Waals surface area contributed by atoms with Gasteiger partial charge in [-0.15, -0.1) is 0 Å². The molecule has 0 radical (unpaired) electrons. The number of aliphatic carboxylic acids is 1. The molecular weight excluding hydrogens is 534 g/mol. The summed E-state index contributed by atoms with van der Waals surface area (Å²) >= 11 is 0. The molecule has 3 aliphatic heterocycles. The minimum atomic E-state index is -1.24. The Morgan fingerprint density at radius 1 is 0.929 bits per heavy atom. The predicted octanol–water partition coefficient (Wildman–Crippen LogP) is 2.56. The topological polar surface area (TPSA) is 120 Å². The van der Waals surface area contributed by atoms with E-state index in [1.807, 2.05) is 33.7 Å². The van der Waals surface area contributed by atoms with Gasteiger partial charge in [-0.05, 0) is 50.7 Å². The van der Waals surface area contributed by atoms with Gasteiger partial charge in [0.1, 0.15) is 0 Å². The van der Waals surface area contributed by atoms with Gasteiger partial charge in [-0.1, -0.05) is 44.2 Å². The van der Waals surface area contributed by atoms with Crippen molar-refractivity contribution >= 4 is 28.8 Å². The van der Waals surface area contributed by atoms with Crippen LogP contribution in [0.15, 0.2) is 29.1 Å². The molecule has 1 unspecified atom stereocenters. The minimum Gasteiger partial charge on any atom is -0.550 e. The van der Waals surface area contributed by atoms with Gasteiger partial charge in [-0.3, -0.25) is 14.5 Å². The molecule has 2 bridgehead atoms. The Balaban J connectivity index is 1.18. The Kier molecular flexibility index (Phi) is 8.81. The van der Waals surface area contributed by atoms with Crippen LogP contribution in [0, 0.1) is 11.8 Å². The summed E-state index contributed by atoms with van der Waals surface area (Å²) in [5, 5.41) is 14.9. The largest absolute Gasteiger partial charge is 0.550 e. The Labute approximate surface area is 247 Å². The van der Waals surface area contributed by atoms with Crippen molar-refractivity contribution in [1.29, 1.82) is 0 Å². The van der Waals surface area contributed by atoms with Gasteiger partial charge >= 0.3 is 5.97 Å². The van der Waals surface area contributed by atoms with E-state index in [4.69, 9.17) is 9.72 Å². The molecule has 42 heavy (non-hydrogen) atoms. The Morgan fingerprint density at radius 2 is 1.60 bits per heavy atom.